The van der Waals surface area contributed by atoms with Crippen LogP contribution in [0.4, 0.5) is 0 Å². The van der Waals surface area contributed by atoms with Crippen LogP contribution in [0.25, 0.3) is 21.8 Å². The Labute approximate surface area is 695 Å². The summed E-state index contributed by atoms with van der Waals surface area (Å²) in [4.78, 5) is 117. The van der Waals surface area contributed by atoms with E-state index < -0.39 is 6.04 Å². The van der Waals surface area contributed by atoms with Crippen LogP contribution < -0.4 is 131 Å². The predicted molar refractivity (Wildman–Crippen MR) is 498 cm³/mol. The lowest BCUT2D eigenvalue weighted by Gasteiger charge is -2.18. The number of fused-ring (bicyclic) bond motifs is 2. The van der Waals surface area contributed by atoms with Gasteiger partial charge in [-0.25, -0.2) is 0 Å². The molecule has 1 atom stereocenters. The van der Waals surface area contributed by atoms with Gasteiger partial charge < -0.3 is 189 Å². The van der Waals surface area contributed by atoms with E-state index in [1.54, 1.807) is 7.05 Å². The van der Waals surface area contributed by atoms with E-state index in [-0.39, 0.29) is 123 Å². The Hall–Kier alpha value is -9.72. The molecular formula is C77H184N26O12. The molecule has 58 N–H and O–H groups in total. The molecule has 2 aromatic heterocycles. The number of nitrogens with two attached hydrogens (primary N) is 4. The van der Waals surface area contributed by atoms with Gasteiger partial charge in [0.25, 0.3) is 0 Å². The molecular weight excluding hydrogens is 1480 g/mol. The molecule has 0 unspecified atom stereocenters. The maximum Gasteiger partial charge on any atom is 0.242 e. The Morgan fingerprint density at radius 2 is 0.704 bits per heavy atom. The van der Waals surface area contributed by atoms with Crippen LogP contribution in [-0.4, -0.2) is 141 Å². The van der Waals surface area contributed by atoms with Crippen molar-refractivity contribution in [3.63, 3.8) is 0 Å². The minimum Gasteiger partial charge on any atom is -0.370 e. The number of amides is 2. The van der Waals surface area contributed by atoms with E-state index in [0.717, 1.165) is 74.9 Å². The number of aromatic amines is 2. The van der Waals surface area contributed by atoms with Crippen LogP contribution in [0, 0.1) is 17.8 Å². The van der Waals surface area contributed by atoms with E-state index >= 15 is 0 Å². The molecule has 115 heavy (non-hydrogen) atoms. The number of unbranched alkanes of at least 4 members (excludes halogenated alkanes) is 2. The highest BCUT2D eigenvalue weighted by molar-refractivity contribution is 5.87. The summed E-state index contributed by atoms with van der Waals surface area (Å²) >= 11 is 0. The number of aryl methyl sites for hydroxylation is 2. The second-order valence-electron chi connectivity index (χ2n) is 21.3. The number of aromatic nitrogens is 2. The molecule has 8 rings (SSSR count). The van der Waals surface area contributed by atoms with Crippen molar-refractivity contribution in [1.29, 1.82) is 0 Å². The molecule has 38 heteroatoms. The summed E-state index contributed by atoms with van der Waals surface area (Å²) in [7, 11) is 1.56. The molecule has 3 fully saturated rings. The molecule has 0 radical (unpaired) electrons. The van der Waals surface area contributed by atoms with Crippen LogP contribution in [0.2, 0.25) is 0 Å². The topological polar surface area (TPSA) is 926 Å². The van der Waals surface area contributed by atoms with Gasteiger partial charge in [0.2, 0.25) is 11.8 Å². The highest BCUT2D eigenvalue weighted by atomic mass is 16.2. The highest BCUT2D eigenvalue weighted by Crippen LogP contribution is 2.26. The first kappa shape index (κ1) is 187. The van der Waals surface area contributed by atoms with Crippen molar-refractivity contribution in [1.82, 2.24) is 118 Å². The molecule has 694 valence electrons. The summed E-state index contributed by atoms with van der Waals surface area (Å²) in [5.74, 6) is 3.01. The summed E-state index contributed by atoms with van der Waals surface area (Å²) in [5.41, 5.74) is 26.5. The number of guanidine groups is 2. The smallest absolute Gasteiger partial charge is 0.242 e. The fourth-order valence-electron chi connectivity index (χ4n) is 8.88. The lowest BCUT2D eigenvalue weighted by Crippen LogP contribution is -2.46. The van der Waals surface area contributed by atoms with Crippen LogP contribution in [-0.2, 0) is 76.8 Å². The number of likely N-dealkylation sites (N-methyl/N-ethyl adjacent to an activating group) is 1. The van der Waals surface area contributed by atoms with Gasteiger partial charge >= 0.3 is 0 Å². The van der Waals surface area contributed by atoms with Gasteiger partial charge in [0, 0.05) is 67.7 Å². The van der Waals surface area contributed by atoms with Gasteiger partial charge in [-0.3, -0.25) is 19.6 Å². The molecule has 38 nitrogen and oxygen atoms in total. The van der Waals surface area contributed by atoms with Gasteiger partial charge in [-0.2, -0.15) is 0 Å². The summed E-state index contributed by atoms with van der Waals surface area (Å²) < 4.78 is 0. The van der Waals surface area contributed by atoms with E-state index in [4.69, 9.17) is 70.9 Å². The first-order valence-electron chi connectivity index (χ1n) is 33.4. The molecule has 3 aromatic carbocycles. The maximum absolute atomic E-state index is 11.5. The third kappa shape index (κ3) is 131. The van der Waals surface area contributed by atoms with Gasteiger partial charge in [-0.1, -0.05) is 226 Å². The lowest BCUT2D eigenvalue weighted by molar-refractivity contribution is -0.127. The fraction of sp³-hybridized carbons (Fsp3) is 0.532. The molecule has 0 bridgehead atoms. The van der Waals surface area contributed by atoms with Crippen molar-refractivity contribution in [3.05, 3.63) is 108 Å². The summed E-state index contributed by atoms with van der Waals surface area (Å²) in [5, 5.41) is 11.1. The minimum absolute atomic E-state index is 0. The van der Waals surface area contributed by atoms with Gasteiger partial charge in [0.15, 0.2) is 11.9 Å². The molecule has 3 aliphatic rings. The second kappa shape index (κ2) is 164. The van der Waals surface area contributed by atoms with Crippen molar-refractivity contribution in [2.24, 2.45) is 50.7 Å². The predicted octanol–water partition coefficient (Wildman–Crippen LogP) is 15.3. The zero-order valence-electron chi connectivity index (χ0n) is 73.4. The minimum atomic E-state index is -0.509. The van der Waals surface area contributed by atoms with Crippen LogP contribution in [0.15, 0.2) is 101 Å². The number of benzene rings is 3. The molecule has 1 saturated heterocycles. The van der Waals surface area contributed by atoms with Gasteiger partial charge in [-0.05, 0) is 98.2 Å². The van der Waals surface area contributed by atoms with Crippen molar-refractivity contribution in [2.75, 3.05) is 33.2 Å². The molecule has 3 heterocycles. The molecule has 0 spiro atoms. The number of para-hydroxylation sites is 2. The third-order valence-electron chi connectivity index (χ3n) is 13.5. The molecule has 2 saturated carbocycles. The number of aliphatic imine (C=N–C) groups is 2. The van der Waals surface area contributed by atoms with Gasteiger partial charge in [-0.15, -0.1) is 0 Å². The number of nitrogens with zero attached hydrogens (tertiary/aromatic N) is 2. The average Bonchev–Trinajstić information content (AvgIpc) is 1.74. The van der Waals surface area contributed by atoms with Crippen LogP contribution in [0.3, 0.4) is 0 Å². The van der Waals surface area contributed by atoms with E-state index in [0.29, 0.717) is 6.42 Å². The van der Waals surface area contributed by atoms with E-state index in [2.05, 4.69) is 159 Å². The molecule has 1 aliphatic heterocycles. The van der Waals surface area contributed by atoms with Crippen molar-refractivity contribution >= 4 is 113 Å². The highest BCUT2D eigenvalue weighted by Gasteiger charge is 2.18. The van der Waals surface area contributed by atoms with Crippen LogP contribution >= 0.6 is 0 Å². The van der Waals surface area contributed by atoms with E-state index in [1.807, 2.05) is 98.2 Å². The SMILES string of the molecule is C.C1CCNC1.C=O.C=O.C=O.C=O.C=O.C=O.C=O.C=O.C=O.C=O.CC(C)C.CCC1CCCCC1.CCC1CCCCC1.CCCCN=C(N)N.CCCCN=C(N)N.CCc1c[nH]c2ccccc12.CCc1c[nH]c2ccccc12.CNC(=O)[C@H](Cc1ccccc1)NC(C)=O.N.N.N.N.N.N.N.N.N.N.N.N.N.N.N. The second-order valence-corrected chi connectivity index (χ2v) is 21.3. The van der Waals surface area contributed by atoms with E-state index in [1.165, 1.54) is 143 Å². The number of hydrogen-bond acceptors (Lipinski definition) is 30. The summed E-state index contributed by atoms with van der Waals surface area (Å²) in [6, 6.07) is 25.9. The molecule has 2 aliphatic carbocycles. The van der Waals surface area contributed by atoms with Crippen molar-refractivity contribution in [2.45, 2.75) is 218 Å². The molecule has 2 amide bonds. The molecule has 5 aromatic rings. The van der Waals surface area contributed by atoms with Crippen molar-refractivity contribution in [3.8, 4) is 0 Å². The van der Waals surface area contributed by atoms with E-state index in [9.17, 15) is 9.59 Å². The Balaban J connectivity index is -0.0000000293. The lowest BCUT2D eigenvalue weighted by atomic mass is 9.88. The largest absolute Gasteiger partial charge is 0.370 e. The quantitative estimate of drug-likeness (QED) is 0.0279. The fourth-order valence-corrected chi connectivity index (χ4v) is 8.88. The average molecular weight is 1670 g/mol. The third-order valence-corrected chi connectivity index (χ3v) is 13.5. The summed E-state index contributed by atoms with van der Waals surface area (Å²) in [6.45, 7) is 45.1. The zero-order chi connectivity index (χ0) is 78.9. The maximum atomic E-state index is 11.5. The Kier molecular flexibility index (Phi) is 267. The van der Waals surface area contributed by atoms with Gasteiger partial charge in [0.05, 0.1) is 0 Å². The van der Waals surface area contributed by atoms with Crippen LogP contribution in [0.1, 0.15) is 209 Å². The number of carbonyl (C=O) groups excluding carboxylic acids is 12. The standard InChI is InChI=1S/C12H16N2O2.2C10H11N.2C8H16.2C5H13N3.C4H9N.C4H10.10CH2O.CH4.15H3N/c1-9(15)14-11(12(16)13-2)8-10-6-4-3-5-7-10;2*1-2-8-7-11-10-6-4-3-5-9(8)10;2*1-2-8-6-4-3-5-7-8;2*1-2-3-4-8-5(6)7;1-2-4-5-3-1;1-4(2)3;10*1-2;;;;;;;;;;;;;;;;/h3-7,11H,8H2,1-2H3,(H,13,16)(H,14,15);2*3-7,11H,2H2,1H3;2*8H,2-7H2,1H3;2*2-4H2,1H3,(H4,6,7,8);5H,1-4H2;4H,1-3H3;10*1H2;1H4;15*1H3/t11-;;;;;;;;;;;;;;;;;;;;;;;;;;;;;;;;;;/m0................................../s1. The monoisotopic (exact) mass is 1670 g/mol. The van der Waals surface area contributed by atoms with Gasteiger partial charge in [0.1, 0.15) is 73.9 Å². The number of H-pyrrole nitrogens is 2. The summed E-state index contributed by atoms with van der Waals surface area (Å²) in [6.07, 6.45) is 31.9. The Morgan fingerprint density at radius 3 is 0.913 bits per heavy atom. The number of rotatable bonds is 14. The van der Waals surface area contributed by atoms with Crippen LogP contribution in [0.5, 0.6) is 0 Å². The normalized spacial score (nSPS) is 9.84. The Morgan fingerprint density at radius 1 is 0.435 bits per heavy atom. The first-order valence-corrected chi connectivity index (χ1v) is 33.4. The first-order chi connectivity index (χ1) is 48.1. The Bertz CT molecular complexity index is 2340. The zero-order valence-corrected chi connectivity index (χ0v) is 73.4. The number of nitrogens with one attached hydrogen (secondary N) is 5. The number of carbonyl (C=O) groups is 12. The number of hydrogen-bond donors (Lipinski definition) is 24. The van der Waals surface area contributed by atoms with Crippen molar-refractivity contribution < 1.29 is 57.5 Å².